The van der Waals surface area contributed by atoms with Crippen LogP contribution in [0.2, 0.25) is 0 Å². The maximum Gasteiger partial charge on any atom is 0.163 e. The summed E-state index contributed by atoms with van der Waals surface area (Å²) in [5.74, 6) is 0.791. The predicted molar refractivity (Wildman–Crippen MR) is 72.0 cm³/mol. The number of aryl methyl sites for hydroxylation is 1. The summed E-state index contributed by atoms with van der Waals surface area (Å²) in [5, 5.41) is 0. The van der Waals surface area contributed by atoms with E-state index in [2.05, 4.69) is 22.0 Å². The van der Waals surface area contributed by atoms with Crippen LogP contribution >= 0.6 is 15.9 Å². The summed E-state index contributed by atoms with van der Waals surface area (Å²) in [6, 6.07) is 2.12. The molecule has 0 bridgehead atoms. The lowest BCUT2D eigenvalue weighted by molar-refractivity contribution is 0.101. The highest BCUT2D eigenvalue weighted by atomic mass is 79.9. The first-order chi connectivity index (χ1) is 8.15. The molecule has 2 rings (SSSR count). The highest BCUT2D eigenvalue weighted by Crippen LogP contribution is 2.37. The fourth-order valence-electron chi connectivity index (χ4n) is 2.60. The van der Waals surface area contributed by atoms with Gasteiger partial charge in [-0.1, -0.05) is 6.42 Å². The number of ether oxygens (including phenoxy) is 1. The summed E-state index contributed by atoms with van der Waals surface area (Å²) in [4.78, 5) is 11.9. The quantitative estimate of drug-likeness (QED) is 0.610. The van der Waals surface area contributed by atoms with E-state index in [0.29, 0.717) is 5.75 Å². The molecule has 0 aliphatic heterocycles. The minimum absolute atomic E-state index is 0.0984. The third kappa shape index (κ3) is 2.39. The van der Waals surface area contributed by atoms with E-state index < -0.39 is 0 Å². The van der Waals surface area contributed by atoms with Crippen molar-refractivity contribution < 1.29 is 9.53 Å². The molecule has 0 saturated heterocycles. The van der Waals surface area contributed by atoms with Crippen LogP contribution in [0.4, 0.5) is 0 Å². The number of fused-ring (bicyclic) bond motifs is 1. The number of ketones is 1. The zero-order chi connectivity index (χ0) is 12.4. The molecule has 0 amide bonds. The van der Waals surface area contributed by atoms with E-state index in [1.54, 1.807) is 14.0 Å². The largest absolute Gasteiger partial charge is 0.495 e. The van der Waals surface area contributed by atoms with E-state index in [-0.39, 0.29) is 5.78 Å². The zero-order valence-corrected chi connectivity index (χ0v) is 11.9. The second-order valence-corrected chi connectivity index (χ2v) is 5.38. The van der Waals surface area contributed by atoms with Gasteiger partial charge in [-0.3, -0.25) is 4.79 Å². The topological polar surface area (TPSA) is 26.3 Å². The molecule has 0 unspecified atom stereocenters. The summed E-state index contributed by atoms with van der Waals surface area (Å²) in [6.07, 6.45) is 5.68. The maximum absolute atomic E-state index is 11.9. The van der Waals surface area contributed by atoms with E-state index in [4.69, 9.17) is 4.74 Å². The number of benzene rings is 1. The zero-order valence-electron chi connectivity index (χ0n) is 10.3. The van der Waals surface area contributed by atoms with Gasteiger partial charge in [0.05, 0.1) is 17.1 Å². The van der Waals surface area contributed by atoms with E-state index in [1.165, 1.54) is 24.0 Å². The Morgan fingerprint density at radius 1 is 1.29 bits per heavy atom. The molecule has 92 valence electrons. The molecule has 2 nitrogen and oxygen atoms in total. The monoisotopic (exact) mass is 296 g/mol. The van der Waals surface area contributed by atoms with Crippen LogP contribution in [0.15, 0.2) is 10.5 Å². The van der Waals surface area contributed by atoms with Gasteiger partial charge in [-0.2, -0.15) is 0 Å². The van der Waals surface area contributed by atoms with Gasteiger partial charge in [0.15, 0.2) is 5.78 Å². The van der Waals surface area contributed by atoms with Crippen LogP contribution in [0.1, 0.15) is 47.7 Å². The van der Waals surface area contributed by atoms with Gasteiger partial charge in [0.1, 0.15) is 5.75 Å². The smallest absolute Gasteiger partial charge is 0.163 e. The average molecular weight is 297 g/mol. The first-order valence-electron chi connectivity index (χ1n) is 6.04. The van der Waals surface area contributed by atoms with Crippen LogP contribution in [-0.2, 0) is 12.8 Å². The molecule has 1 aliphatic rings. The van der Waals surface area contributed by atoms with Crippen molar-refractivity contribution in [2.45, 2.75) is 39.0 Å². The lowest BCUT2D eigenvalue weighted by Crippen LogP contribution is -2.07. The molecule has 0 N–H and O–H groups in total. The molecule has 0 heterocycles. The molecule has 1 aliphatic carbocycles. The van der Waals surface area contributed by atoms with Gasteiger partial charge in [-0.25, -0.2) is 0 Å². The number of hydrogen-bond donors (Lipinski definition) is 0. The SMILES string of the molecule is COc1c(Br)cc2c(c1C(C)=O)CCCCC2. The Morgan fingerprint density at radius 3 is 2.65 bits per heavy atom. The van der Waals surface area contributed by atoms with Crippen molar-refractivity contribution in [1.29, 1.82) is 0 Å². The average Bonchev–Trinajstić information content (AvgIpc) is 2.51. The number of carbonyl (C=O) groups excluding carboxylic acids is 1. The molecule has 0 spiro atoms. The van der Waals surface area contributed by atoms with Crippen LogP contribution in [0.25, 0.3) is 0 Å². The number of Topliss-reactive ketones (excluding diaryl/α,β-unsaturated/α-hetero) is 1. The summed E-state index contributed by atoms with van der Waals surface area (Å²) in [7, 11) is 1.62. The van der Waals surface area contributed by atoms with Gasteiger partial charge >= 0.3 is 0 Å². The minimum Gasteiger partial charge on any atom is -0.495 e. The van der Waals surface area contributed by atoms with Gasteiger partial charge in [-0.05, 0) is 65.7 Å². The molecule has 0 saturated carbocycles. The van der Waals surface area contributed by atoms with Crippen molar-refractivity contribution in [3.63, 3.8) is 0 Å². The van der Waals surface area contributed by atoms with Crippen LogP contribution in [0.5, 0.6) is 5.75 Å². The Kier molecular flexibility index (Phi) is 3.87. The van der Waals surface area contributed by atoms with E-state index in [1.807, 2.05) is 0 Å². The van der Waals surface area contributed by atoms with Crippen molar-refractivity contribution in [1.82, 2.24) is 0 Å². The fourth-order valence-corrected chi connectivity index (χ4v) is 3.23. The fraction of sp³-hybridized carbons (Fsp3) is 0.500. The van der Waals surface area contributed by atoms with Crippen LogP contribution in [-0.4, -0.2) is 12.9 Å². The highest BCUT2D eigenvalue weighted by Gasteiger charge is 2.21. The first-order valence-corrected chi connectivity index (χ1v) is 6.83. The molecule has 1 aromatic rings. The second kappa shape index (κ2) is 5.21. The summed E-state index contributed by atoms with van der Waals surface area (Å²) >= 11 is 3.50. The number of halogens is 1. The van der Waals surface area contributed by atoms with Crippen LogP contribution in [0.3, 0.4) is 0 Å². The van der Waals surface area contributed by atoms with Crippen LogP contribution < -0.4 is 4.74 Å². The molecule has 3 heteroatoms. The lowest BCUT2D eigenvalue weighted by Gasteiger charge is -2.16. The minimum atomic E-state index is 0.0984. The van der Waals surface area contributed by atoms with Gasteiger partial charge < -0.3 is 4.74 Å². The first kappa shape index (κ1) is 12.6. The molecule has 0 fully saturated rings. The molecular weight excluding hydrogens is 280 g/mol. The van der Waals surface area contributed by atoms with Gasteiger partial charge in [0.25, 0.3) is 0 Å². The standard InChI is InChI=1S/C14H17BrO2/c1-9(16)13-11-7-5-3-4-6-10(11)8-12(15)14(13)17-2/h8H,3-7H2,1-2H3. The highest BCUT2D eigenvalue weighted by molar-refractivity contribution is 9.10. The molecule has 17 heavy (non-hydrogen) atoms. The summed E-state index contributed by atoms with van der Waals surface area (Å²) < 4.78 is 6.27. The number of hydrogen-bond acceptors (Lipinski definition) is 2. The summed E-state index contributed by atoms with van der Waals surface area (Å²) in [5.41, 5.74) is 3.29. The Hall–Kier alpha value is -0.830. The number of carbonyl (C=O) groups is 1. The van der Waals surface area contributed by atoms with Crippen molar-refractivity contribution in [2.75, 3.05) is 7.11 Å². The number of rotatable bonds is 2. The van der Waals surface area contributed by atoms with Gasteiger partial charge in [0.2, 0.25) is 0 Å². The van der Waals surface area contributed by atoms with Crippen molar-refractivity contribution in [3.05, 3.63) is 27.2 Å². The second-order valence-electron chi connectivity index (χ2n) is 4.52. The third-order valence-electron chi connectivity index (χ3n) is 3.36. The molecule has 0 aromatic heterocycles. The normalized spacial score (nSPS) is 15.0. The molecule has 0 radical (unpaired) electrons. The van der Waals surface area contributed by atoms with Crippen LogP contribution in [0, 0.1) is 0 Å². The molecule has 0 atom stereocenters. The van der Waals surface area contributed by atoms with E-state index in [9.17, 15) is 4.79 Å². The Balaban J connectivity index is 2.66. The maximum atomic E-state index is 11.9. The Morgan fingerprint density at radius 2 is 2.00 bits per heavy atom. The Bertz CT molecular complexity index is 452. The van der Waals surface area contributed by atoms with Gasteiger partial charge in [0, 0.05) is 0 Å². The summed E-state index contributed by atoms with van der Waals surface area (Å²) in [6.45, 7) is 1.62. The molecular formula is C14H17BrO2. The van der Waals surface area contributed by atoms with Crippen molar-refractivity contribution in [3.8, 4) is 5.75 Å². The van der Waals surface area contributed by atoms with E-state index in [0.717, 1.165) is 29.3 Å². The van der Waals surface area contributed by atoms with Crippen molar-refractivity contribution in [2.24, 2.45) is 0 Å². The third-order valence-corrected chi connectivity index (χ3v) is 3.95. The predicted octanol–water partition coefficient (Wildman–Crippen LogP) is 3.93. The molecule has 1 aromatic carbocycles. The van der Waals surface area contributed by atoms with Crippen molar-refractivity contribution >= 4 is 21.7 Å². The van der Waals surface area contributed by atoms with Gasteiger partial charge in [-0.15, -0.1) is 0 Å². The Labute approximate surface area is 110 Å². The number of methoxy groups -OCH3 is 1. The lowest BCUT2D eigenvalue weighted by atomic mass is 9.94. The van der Waals surface area contributed by atoms with E-state index >= 15 is 0 Å².